The van der Waals surface area contributed by atoms with E-state index in [4.69, 9.17) is 5.73 Å². The maximum Gasteiger partial charge on any atom is 0.0180 e. The van der Waals surface area contributed by atoms with Gasteiger partial charge in [-0.2, -0.15) is 0 Å². The minimum Gasteiger partial charge on any atom is -0.326 e. The van der Waals surface area contributed by atoms with Gasteiger partial charge in [0.25, 0.3) is 0 Å². The fourth-order valence-electron chi connectivity index (χ4n) is 0.758. The third-order valence-electron chi connectivity index (χ3n) is 1.65. The lowest BCUT2D eigenvalue weighted by Crippen LogP contribution is -2.03. The molecule has 0 saturated heterocycles. The Balaban J connectivity index is 4.39. The minimum absolute atomic E-state index is 0.612. The second-order valence-electron chi connectivity index (χ2n) is 2.39. The summed E-state index contributed by atoms with van der Waals surface area (Å²) in [6.45, 7) is 6.70. The second kappa shape index (κ2) is 5.93. The summed E-state index contributed by atoms with van der Waals surface area (Å²) >= 11 is 0. The Morgan fingerprint density at radius 1 is 1.36 bits per heavy atom. The normalized spacial score (nSPS) is 14.5. The third-order valence-corrected chi connectivity index (χ3v) is 1.65. The molecule has 0 unspecified atom stereocenters. The number of hydrogen-bond donors (Lipinski definition) is 1. The van der Waals surface area contributed by atoms with Crippen LogP contribution in [-0.2, 0) is 0 Å². The molecule has 0 aromatic heterocycles. The summed E-state index contributed by atoms with van der Waals surface area (Å²) in [5.41, 5.74) is 8.00. The largest absolute Gasteiger partial charge is 0.326 e. The zero-order valence-electron chi connectivity index (χ0n) is 7.59. The topological polar surface area (TPSA) is 26.0 Å². The van der Waals surface area contributed by atoms with Gasteiger partial charge in [-0.1, -0.05) is 29.9 Å². The quantitative estimate of drug-likeness (QED) is 0.616. The fourth-order valence-corrected chi connectivity index (χ4v) is 0.758. The van der Waals surface area contributed by atoms with Crippen molar-refractivity contribution in [3.63, 3.8) is 0 Å². The number of allylic oxidation sites excluding steroid dienone is 4. The van der Waals surface area contributed by atoms with Gasteiger partial charge in [0.15, 0.2) is 0 Å². The van der Waals surface area contributed by atoms with Gasteiger partial charge in [-0.15, -0.1) is 0 Å². The molecule has 0 aromatic carbocycles. The molecule has 0 aliphatic rings. The molecule has 0 heterocycles. The van der Waals surface area contributed by atoms with E-state index >= 15 is 0 Å². The van der Waals surface area contributed by atoms with Crippen molar-refractivity contribution in [2.75, 3.05) is 6.54 Å². The fraction of sp³-hybridized carbons (Fsp3) is 0.400. The predicted octanol–water partition coefficient (Wildman–Crippen LogP) is 2.41. The van der Waals surface area contributed by atoms with Crippen LogP contribution in [0.1, 0.15) is 20.8 Å². The third kappa shape index (κ3) is 3.79. The van der Waals surface area contributed by atoms with Crippen LogP contribution in [0.2, 0.25) is 0 Å². The van der Waals surface area contributed by atoms with Crippen molar-refractivity contribution in [3.05, 3.63) is 35.5 Å². The summed E-state index contributed by atoms with van der Waals surface area (Å²) in [4.78, 5) is 0. The highest BCUT2D eigenvalue weighted by Gasteiger charge is 1.92. The molecule has 1 nitrogen and oxygen atoms in total. The second-order valence-corrected chi connectivity index (χ2v) is 2.39. The first-order valence-electron chi connectivity index (χ1n) is 3.91. The summed E-state index contributed by atoms with van der Waals surface area (Å²) in [7, 11) is 0. The van der Waals surface area contributed by atoms with Gasteiger partial charge < -0.3 is 5.73 Å². The molecule has 0 fully saturated rings. The van der Waals surface area contributed by atoms with Crippen LogP contribution >= 0.6 is 0 Å². The molecule has 0 amide bonds. The Hall–Kier alpha value is -0.820. The highest BCUT2D eigenvalue weighted by Crippen LogP contribution is 2.06. The maximum atomic E-state index is 5.55. The molecule has 0 saturated carbocycles. The van der Waals surface area contributed by atoms with Gasteiger partial charge in [0.05, 0.1) is 0 Å². The van der Waals surface area contributed by atoms with Gasteiger partial charge in [0, 0.05) is 6.54 Å². The van der Waals surface area contributed by atoms with Gasteiger partial charge in [-0.05, 0) is 26.3 Å². The molecule has 0 spiro atoms. The minimum atomic E-state index is 0.612. The van der Waals surface area contributed by atoms with Gasteiger partial charge in [-0.25, -0.2) is 0 Å². The molecule has 0 aromatic rings. The van der Waals surface area contributed by atoms with Crippen molar-refractivity contribution >= 4 is 0 Å². The van der Waals surface area contributed by atoms with Gasteiger partial charge >= 0.3 is 0 Å². The van der Waals surface area contributed by atoms with Crippen LogP contribution in [0.5, 0.6) is 0 Å². The molecule has 0 radical (unpaired) electrons. The van der Waals surface area contributed by atoms with Crippen LogP contribution in [0.15, 0.2) is 35.5 Å². The van der Waals surface area contributed by atoms with Crippen LogP contribution in [-0.4, -0.2) is 6.54 Å². The van der Waals surface area contributed by atoms with Crippen LogP contribution in [0.4, 0.5) is 0 Å². The first-order valence-corrected chi connectivity index (χ1v) is 3.91. The van der Waals surface area contributed by atoms with E-state index in [1.54, 1.807) is 0 Å². The SMILES string of the molecule is C\C=C/C=C(CN)\C(C)=C/C. The summed E-state index contributed by atoms with van der Waals surface area (Å²) in [5.74, 6) is 0. The highest BCUT2D eigenvalue weighted by atomic mass is 14.5. The average Bonchev–Trinajstić information content (AvgIpc) is 2.05. The zero-order chi connectivity index (χ0) is 8.69. The molecule has 11 heavy (non-hydrogen) atoms. The average molecular weight is 151 g/mol. The van der Waals surface area contributed by atoms with Crippen molar-refractivity contribution in [3.8, 4) is 0 Å². The van der Waals surface area contributed by atoms with Crippen LogP contribution in [0.25, 0.3) is 0 Å². The van der Waals surface area contributed by atoms with E-state index in [1.165, 1.54) is 11.1 Å². The van der Waals surface area contributed by atoms with E-state index in [0.717, 1.165) is 0 Å². The van der Waals surface area contributed by atoms with Crippen LogP contribution < -0.4 is 5.73 Å². The molecular weight excluding hydrogens is 134 g/mol. The smallest absolute Gasteiger partial charge is 0.0180 e. The highest BCUT2D eigenvalue weighted by molar-refractivity contribution is 5.32. The molecule has 62 valence electrons. The summed E-state index contributed by atoms with van der Waals surface area (Å²) < 4.78 is 0. The van der Waals surface area contributed by atoms with E-state index in [2.05, 4.69) is 19.1 Å². The van der Waals surface area contributed by atoms with Crippen molar-refractivity contribution in [2.45, 2.75) is 20.8 Å². The monoisotopic (exact) mass is 151 g/mol. The maximum absolute atomic E-state index is 5.55. The van der Waals surface area contributed by atoms with E-state index in [9.17, 15) is 0 Å². The van der Waals surface area contributed by atoms with Gasteiger partial charge in [0.2, 0.25) is 0 Å². The van der Waals surface area contributed by atoms with Crippen LogP contribution in [0.3, 0.4) is 0 Å². The summed E-state index contributed by atoms with van der Waals surface area (Å²) in [6, 6.07) is 0. The Bertz CT molecular complexity index is 185. The van der Waals surface area contributed by atoms with Gasteiger partial charge in [0.1, 0.15) is 0 Å². The molecule has 0 bridgehead atoms. The lowest BCUT2D eigenvalue weighted by atomic mass is 10.1. The Morgan fingerprint density at radius 2 is 2.00 bits per heavy atom. The van der Waals surface area contributed by atoms with E-state index in [1.807, 2.05) is 26.0 Å². The van der Waals surface area contributed by atoms with E-state index in [-0.39, 0.29) is 0 Å². The van der Waals surface area contributed by atoms with Crippen molar-refractivity contribution in [1.29, 1.82) is 0 Å². The lowest BCUT2D eigenvalue weighted by Gasteiger charge is -2.01. The molecule has 0 rings (SSSR count). The predicted molar refractivity (Wildman–Crippen MR) is 51.4 cm³/mol. The summed E-state index contributed by atoms with van der Waals surface area (Å²) in [5, 5.41) is 0. The lowest BCUT2D eigenvalue weighted by molar-refractivity contribution is 1.14. The van der Waals surface area contributed by atoms with E-state index < -0.39 is 0 Å². The summed E-state index contributed by atoms with van der Waals surface area (Å²) in [6.07, 6.45) is 8.13. The van der Waals surface area contributed by atoms with Crippen LogP contribution in [0, 0.1) is 0 Å². The number of nitrogens with two attached hydrogens (primary N) is 1. The number of hydrogen-bond acceptors (Lipinski definition) is 1. The number of rotatable bonds is 3. The Labute approximate surface area is 69.3 Å². The first-order chi connectivity index (χ1) is 5.26. The van der Waals surface area contributed by atoms with Crippen molar-refractivity contribution < 1.29 is 0 Å². The van der Waals surface area contributed by atoms with Crippen molar-refractivity contribution in [2.24, 2.45) is 5.73 Å². The molecular formula is C10H17N. The molecule has 1 heteroatoms. The molecule has 0 atom stereocenters. The molecule has 0 aliphatic heterocycles. The zero-order valence-corrected chi connectivity index (χ0v) is 7.59. The first kappa shape index (κ1) is 10.2. The Kier molecular flexibility index (Phi) is 5.49. The van der Waals surface area contributed by atoms with E-state index in [0.29, 0.717) is 6.54 Å². The Morgan fingerprint density at radius 3 is 2.36 bits per heavy atom. The van der Waals surface area contributed by atoms with Gasteiger partial charge in [-0.3, -0.25) is 0 Å². The standard InChI is InChI=1S/C10H17N/c1-4-6-7-10(8-11)9(3)5-2/h4-7H,8,11H2,1-3H3/b6-4-,9-5-,10-7-. The van der Waals surface area contributed by atoms with Crippen molar-refractivity contribution in [1.82, 2.24) is 0 Å². The molecule has 0 aliphatic carbocycles. The molecule has 2 N–H and O–H groups in total.